The Morgan fingerprint density at radius 1 is 0.929 bits per heavy atom. The van der Waals surface area contributed by atoms with Crippen LogP contribution in [0.5, 0.6) is 5.75 Å². The second-order valence-electron chi connectivity index (χ2n) is 6.77. The normalized spacial score (nSPS) is 13.5. The van der Waals surface area contributed by atoms with Crippen LogP contribution in [0.2, 0.25) is 0 Å². The van der Waals surface area contributed by atoms with Gasteiger partial charge in [-0.15, -0.1) is 0 Å². The van der Waals surface area contributed by atoms with Gasteiger partial charge in [0.15, 0.2) is 5.66 Å². The summed E-state index contributed by atoms with van der Waals surface area (Å²) < 4.78 is 10.1. The third-order valence-corrected chi connectivity index (χ3v) is 5.75. The number of halogens is 2. The first kappa shape index (κ1) is 19.2. The van der Waals surface area contributed by atoms with E-state index in [1.807, 2.05) is 42.5 Å². The van der Waals surface area contributed by atoms with E-state index in [9.17, 15) is 0 Å². The number of aromatic nitrogens is 1. The fourth-order valence-electron chi connectivity index (χ4n) is 3.36. The van der Waals surface area contributed by atoms with Crippen molar-refractivity contribution >= 4 is 60.4 Å². The number of nitrogens with two attached hydrogens (primary N) is 1. The molecule has 0 saturated carbocycles. The second kappa shape index (κ2) is 7.70. The predicted octanol–water partition coefficient (Wildman–Crippen LogP) is 5.75. The molecule has 6 heteroatoms. The summed E-state index contributed by atoms with van der Waals surface area (Å²) in [7, 11) is 0. The molecular formula is C22H19Br2N3O. The monoisotopic (exact) mass is 499 g/mol. The highest BCUT2D eigenvalue weighted by Crippen LogP contribution is 2.34. The van der Waals surface area contributed by atoms with Gasteiger partial charge in [0.05, 0.1) is 6.54 Å². The Balaban J connectivity index is 1.75. The van der Waals surface area contributed by atoms with Crippen LogP contribution in [0.15, 0.2) is 80.7 Å². The van der Waals surface area contributed by atoms with Gasteiger partial charge in [0.25, 0.3) is 0 Å². The molecule has 0 spiro atoms. The molecule has 1 aromatic heterocycles. The van der Waals surface area contributed by atoms with Gasteiger partial charge in [-0.3, -0.25) is 4.99 Å². The van der Waals surface area contributed by atoms with E-state index in [-0.39, 0.29) is 6.61 Å². The topological polar surface area (TPSA) is 52.5 Å². The average molecular weight is 501 g/mol. The molecule has 0 saturated heterocycles. The molecule has 1 atom stereocenters. The van der Waals surface area contributed by atoms with Crippen LogP contribution >= 0.6 is 31.9 Å². The number of ether oxygens (including phenoxy) is 1. The Hall–Kier alpha value is -2.15. The lowest BCUT2D eigenvalue weighted by Gasteiger charge is -2.26. The maximum absolute atomic E-state index is 6.58. The molecule has 4 nitrogen and oxygen atoms in total. The molecule has 4 rings (SSSR count). The van der Waals surface area contributed by atoms with Gasteiger partial charge in [0.1, 0.15) is 12.4 Å². The van der Waals surface area contributed by atoms with Gasteiger partial charge in [0, 0.05) is 30.8 Å². The standard InChI is InChI=1S/C22H19Br2N3O/c1-26-22(25,14-28-17-5-3-2-4-6-17)13-27-20-9-7-15(23)11-18(20)19-12-16(24)8-10-21(19)27/h2-12H,1,13-14,25H2. The third-order valence-electron chi connectivity index (χ3n) is 4.77. The maximum atomic E-state index is 6.58. The van der Waals surface area contributed by atoms with Crippen LogP contribution in [0.3, 0.4) is 0 Å². The van der Waals surface area contributed by atoms with Gasteiger partial charge in [-0.2, -0.15) is 0 Å². The highest BCUT2D eigenvalue weighted by Gasteiger charge is 2.27. The van der Waals surface area contributed by atoms with Gasteiger partial charge in [-0.1, -0.05) is 50.1 Å². The van der Waals surface area contributed by atoms with E-state index in [2.05, 4.69) is 72.4 Å². The van der Waals surface area contributed by atoms with E-state index < -0.39 is 5.66 Å². The van der Waals surface area contributed by atoms with Crippen molar-refractivity contribution < 1.29 is 4.74 Å². The molecule has 1 unspecified atom stereocenters. The van der Waals surface area contributed by atoms with Crippen LogP contribution in [0.4, 0.5) is 0 Å². The summed E-state index contributed by atoms with van der Waals surface area (Å²) in [6.45, 7) is 4.41. The lowest BCUT2D eigenvalue weighted by Crippen LogP contribution is -2.47. The predicted molar refractivity (Wildman–Crippen MR) is 123 cm³/mol. The molecule has 2 N–H and O–H groups in total. The highest BCUT2D eigenvalue weighted by molar-refractivity contribution is 9.10. The van der Waals surface area contributed by atoms with Crippen molar-refractivity contribution in [1.82, 2.24) is 4.57 Å². The average Bonchev–Trinajstić information content (AvgIpc) is 2.99. The van der Waals surface area contributed by atoms with Crippen LogP contribution in [0.25, 0.3) is 21.8 Å². The molecular weight excluding hydrogens is 482 g/mol. The molecule has 0 fully saturated rings. The van der Waals surface area contributed by atoms with Crippen LogP contribution in [0.1, 0.15) is 0 Å². The summed E-state index contributed by atoms with van der Waals surface area (Å²) in [6.07, 6.45) is 0. The first-order chi connectivity index (χ1) is 13.5. The minimum Gasteiger partial charge on any atom is -0.490 e. The Morgan fingerprint density at radius 3 is 2.04 bits per heavy atom. The lowest BCUT2D eigenvalue weighted by molar-refractivity contribution is 0.208. The third kappa shape index (κ3) is 3.72. The van der Waals surface area contributed by atoms with Crippen LogP contribution in [-0.4, -0.2) is 23.6 Å². The molecule has 0 bridgehead atoms. The SMILES string of the molecule is C=NC(N)(COc1ccccc1)Cn1c2ccc(Br)cc2c2cc(Br)ccc21. The van der Waals surface area contributed by atoms with Crippen molar-refractivity contribution in [2.45, 2.75) is 12.2 Å². The molecule has 0 amide bonds. The molecule has 3 aromatic carbocycles. The van der Waals surface area contributed by atoms with Crippen molar-refractivity contribution in [3.05, 3.63) is 75.7 Å². The second-order valence-corrected chi connectivity index (χ2v) is 8.60. The van der Waals surface area contributed by atoms with E-state index in [1.165, 1.54) is 0 Å². The number of rotatable bonds is 6. The largest absolute Gasteiger partial charge is 0.490 e. The summed E-state index contributed by atoms with van der Waals surface area (Å²) in [4.78, 5) is 4.22. The van der Waals surface area contributed by atoms with Gasteiger partial charge >= 0.3 is 0 Å². The minimum atomic E-state index is -0.963. The highest BCUT2D eigenvalue weighted by atomic mass is 79.9. The van der Waals surface area contributed by atoms with Gasteiger partial charge in [-0.25, -0.2) is 0 Å². The fourth-order valence-corrected chi connectivity index (χ4v) is 4.08. The first-order valence-electron chi connectivity index (χ1n) is 8.81. The number of hydrogen-bond donors (Lipinski definition) is 1. The zero-order valence-electron chi connectivity index (χ0n) is 15.1. The summed E-state index contributed by atoms with van der Waals surface area (Å²) in [5.41, 5.74) is 7.81. The number of nitrogens with zero attached hydrogens (tertiary/aromatic N) is 2. The Bertz CT molecular complexity index is 1100. The molecule has 142 valence electrons. The van der Waals surface area contributed by atoms with Crippen molar-refractivity contribution in [1.29, 1.82) is 0 Å². The van der Waals surface area contributed by atoms with Crippen molar-refractivity contribution in [3.63, 3.8) is 0 Å². The molecule has 0 aliphatic rings. The number of fused-ring (bicyclic) bond motifs is 3. The molecule has 1 heterocycles. The van der Waals surface area contributed by atoms with Gasteiger partial charge < -0.3 is 15.0 Å². The minimum absolute atomic E-state index is 0.231. The lowest BCUT2D eigenvalue weighted by atomic mass is 10.2. The molecule has 4 aromatic rings. The van der Waals surface area contributed by atoms with E-state index in [0.717, 1.165) is 36.5 Å². The fraction of sp³-hybridized carbons (Fsp3) is 0.136. The van der Waals surface area contributed by atoms with Crippen molar-refractivity contribution in [2.24, 2.45) is 10.7 Å². The van der Waals surface area contributed by atoms with E-state index in [0.29, 0.717) is 6.54 Å². The van der Waals surface area contributed by atoms with Crippen LogP contribution in [0, 0.1) is 0 Å². The summed E-state index contributed by atoms with van der Waals surface area (Å²) in [5, 5.41) is 2.31. The van der Waals surface area contributed by atoms with E-state index >= 15 is 0 Å². The number of benzene rings is 3. The smallest absolute Gasteiger partial charge is 0.159 e. The summed E-state index contributed by atoms with van der Waals surface area (Å²) in [6, 6.07) is 22.1. The van der Waals surface area contributed by atoms with Crippen LogP contribution < -0.4 is 10.5 Å². The first-order valence-corrected chi connectivity index (χ1v) is 10.4. The maximum Gasteiger partial charge on any atom is 0.159 e. The quantitative estimate of drug-likeness (QED) is 0.342. The van der Waals surface area contributed by atoms with Gasteiger partial charge in [0.2, 0.25) is 0 Å². The number of para-hydroxylation sites is 1. The Labute approximate surface area is 180 Å². The molecule has 0 aliphatic carbocycles. The summed E-state index contributed by atoms with van der Waals surface area (Å²) in [5.74, 6) is 0.760. The summed E-state index contributed by atoms with van der Waals surface area (Å²) >= 11 is 7.16. The van der Waals surface area contributed by atoms with Crippen LogP contribution in [-0.2, 0) is 6.54 Å². The Morgan fingerprint density at radius 2 is 1.50 bits per heavy atom. The zero-order valence-corrected chi connectivity index (χ0v) is 18.3. The van der Waals surface area contributed by atoms with E-state index in [1.54, 1.807) is 0 Å². The number of hydrogen-bond acceptors (Lipinski definition) is 3. The Kier molecular flexibility index (Phi) is 5.27. The molecule has 0 aliphatic heterocycles. The number of aliphatic imine (C=N–C) groups is 1. The zero-order chi connectivity index (χ0) is 19.7. The molecule has 28 heavy (non-hydrogen) atoms. The molecule has 0 radical (unpaired) electrons. The van der Waals surface area contributed by atoms with Crippen molar-refractivity contribution in [3.8, 4) is 5.75 Å². The van der Waals surface area contributed by atoms with Gasteiger partial charge in [-0.05, 0) is 55.2 Å². The van der Waals surface area contributed by atoms with E-state index in [4.69, 9.17) is 10.5 Å². The van der Waals surface area contributed by atoms with Crippen molar-refractivity contribution in [2.75, 3.05) is 6.61 Å².